The number of rotatable bonds is 4. The fraction of sp³-hybridized carbons (Fsp3) is 0.556. The second-order valence-corrected chi connectivity index (χ2v) is 7.80. The lowest BCUT2D eigenvalue weighted by molar-refractivity contribution is -0.132. The summed E-state index contributed by atoms with van der Waals surface area (Å²) in [5.41, 5.74) is 1.35. The first-order valence-corrected chi connectivity index (χ1v) is 9.62. The van der Waals surface area contributed by atoms with Crippen molar-refractivity contribution in [1.82, 2.24) is 14.7 Å². The lowest BCUT2D eigenvalue weighted by Crippen LogP contribution is -2.50. The number of benzene rings is 1. The quantitative estimate of drug-likeness (QED) is 0.675. The fourth-order valence-corrected chi connectivity index (χ4v) is 4.09. The highest BCUT2D eigenvalue weighted by molar-refractivity contribution is 14.1. The molecule has 1 atom stereocenters. The van der Waals surface area contributed by atoms with Crippen LogP contribution in [0.25, 0.3) is 0 Å². The van der Waals surface area contributed by atoms with Crippen LogP contribution in [0.15, 0.2) is 24.3 Å². The van der Waals surface area contributed by atoms with Gasteiger partial charge in [0.25, 0.3) is 0 Å². The minimum atomic E-state index is -0.209. The molecule has 2 aliphatic heterocycles. The molecule has 3 rings (SSSR count). The first kappa shape index (κ1) is 17.6. The lowest BCUT2D eigenvalue weighted by atomic mass is 10.2. The van der Waals surface area contributed by atoms with Gasteiger partial charge < -0.3 is 4.90 Å². The zero-order chi connectivity index (χ0) is 16.9. The number of carbonyl (C=O) groups is 1. The molecule has 0 saturated carbocycles. The van der Waals surface area contributed by atoms with Gasteiger partial charge in [-0.05, 0) is 53.1 Å². The van der Waals surface area contributed by atoms with Gasteiger partial charge in [0.1, 0.15) is 6.04 Å². The Morgan fingerprint density at radius 2 is 1.96 bits per heavy atom. The van der Waals surface area contributed by atoms with E-state index in [9.17, 15) is 4.79 Å². The maximum Gasteiger partial charge on any atom is 0.237 e. The number of hydrogen-bond donors (Lipinski definition) is 0. The largest absolute Gasteiger partial charge is 0.326 e. The summed E-state index contributed by atoms with van der Waals surface area (Å²) in [5, 5.41) is 9.12. The van der Waals surface area contributed by atoms with Crippen LogP contribution >= 0.6 is 22.6 Å². The van der Waals surface area contributed by atoms with Crippen molar-refractivity contribution in [2.75, 3.05) is 39.3 Å². The van der Waals surface area contributed by atoms with Crippen molar-refractivity contribution in [2.24, 2.45) is 0 Å². The molecular weight excluding hydrogens is 415 g/mol. The average molecular weight is 438 g/mol. The fourth-order valence-electron chi connectivity index (χ4n) is 3.48. The Labute approximate surface area is 157 Å². The summed E-state index contributed by atoms with van der Waals surface area (Å²) in [6.07, 6.45) is 1.78. The van der Waals surface area contributed by atoms with Crippen molar-refractivity contribution < 1.29 is 4.79 Å². The van der Waals surface area contributed by atoms with Crippen molar-refractivity contribution in [3.05, 3.63) is 33.4 Å². The third kappa shape index (κ3) is 4.47. The van der Waals surface area contributed by atoms with E-state index in [-0.39, 0.29) is 11.9 Å². The maximum atomic E-state index is 12.4. The average Bonchev–Trinajstić information content (AvgIpc) is 3.05. The maximum absolute atomic E-state index is 12.4. The topological polar surface area (TPSA) is 50.6 Å². The van der Waals surface area contributed by atoms with Crippen LogP contribution in [0.4, 0.5) is 0 Å². The van der Waals surface area contributed by atoms with Gasteiger partial charge in [0, 0.05) is 42.8 Å². The highest BCUT2D eigenvalue weighted by Gasteiger charge is 2.30. The van der Waals surface area contributed by atoms with Crippen molar-refractivity contribution in [2.45, 2.75) is 25.4 Å². The van der Waals surface area contributed by atoms with Crippen LogP contribution in [0.5, 0.6) is 0 Å². The van der Waals surface area contributed by atoms with Crippen LogP contribution in [-0.2, 0) is 11.3 Å². The molecule has 2 aliphatic rings. The third-order valence-corrected chi connectivity index (χ3v) is 5.51. The monoisotopic (exact) mass is 438 g/mol. The van der Waals surface area contributed by atoms with E-state index in [2.05, 4.69) is 62.7 Å². The van der Waals surface area contributed by atoms with Crippen LogP contribution in [0.1, 0.15) is 18.4 Å². The summed E-state index contributed by atoms with van der Waals surface area (Å²) in [5.74, 6) is 0.116. The molecule has 0 aliphatic carbocycles. The Balaban J connectivity index is 1.45. The molecule has 1 amide bonds. The summed E-state index contributed by atoms with van der Waals surface area (Å²) < 4.78 is 1.27. The Bertz CT molecular complexity index is 622. The van der Waals surface area contributed by atoms with Crippen LogP contribution in [-0.4, -0.2) is 65.9 Å². The van der Waals surface area contributed by atoms with Crippen molar-refractivity contribution >= 4 is 28.5 Å². The molecule has 1 aromatic rings. The van der Waals surface area contributed by atoms with Crippen molar-refractivity contribution in [1.29, 1.82) is 5.26 Å². The number of nitriles is 1. The number of amides is 1. The Kier molecular flexibility index (Phi) is 6.09. The van der Waals surface area contributed by atoms with Gasteiger partial charge in [0.05, 0.1) is 12.6 Å². The highest BCUT2D eigenvalue weighted by atomic mass is 127. The van der Waals surface area contributed by atoms with Gasteiger partial charge in [-0.3, -0.25) is 14.6 Å². The number of piperazine rings is 1. The molecule has 0 bridgehead atoms. The first-order chi connectivity index (χ1) is 11.7. The van der Waals surface area contributed by atoms with Gasteiger partial charge in [-0.15, -0.1) is 0 Å². The summed E-state index contributed by atoms with van der Waals surface area (Å²) in [7, 11) is 0. The zero-order valence-electron chi connectivity index (χ0n) is 13.8. The van der Waals surface area contributed by atoms with E-state index in [1.54, 1.807) is 4.90 Å². The molecule has 0 unspecified atom stereocenters. The van der Waals surface area contributed by atoms with Gasteiger partial charge >= 0.3 is 0 Å². The Hall–Kier alpha value is -1.17. The normalized spacial score (nSPS) is 22.5. The van der Waals surface area contributed by atoms with E-state index in [0.717, 1.165) is 52.1 Å². The minimum Gasteiger partial charge on any atom is -0.326 e. The molecular formula is C18H23IN4O. The SMILES string of the molecule is N#C[C@@H]1CCCN1C(=O)CN1CCN(Cc2cccc(I)c2)CC1. The summed E-state index contributed by atoms with van der Waals surface area (Å²) in [4.78, 5) is 18.8. The molecule has 5 nitrogen and oxygen atoms in total. The minimum absolute atomic E-state index is 0.116. The summed E-state index contributed by atoms with van der Waals surface area (Å²) >= 11 is 2.35. The molecule has 0 radical (unpaired) electrons. The standard InChI is InChI=1S/C18H23IN4O/c19-16-4-1-3-15(11-16)13-21-7-9-22(10-8-21)14-18(24)23-6-2-5-17(23)12-20/h1,3-4,11,17H,2,5-10,13-14H2/t17-/m0/s1. The second kappa shape index (κ2) is 8.28. The molecule has 2 saturated heterocycles. The third-order valence-electron chi connectivity index (χ3n) is 4.84. The predicted octanol–water partition coefficient (Wildman–Crippen LogP) is 1.92. The number of likely N-dealkylation sites (tertiary alicyclic amines) is 1. The molecule has 128 valence electrons. The smallest absolute Gasteiger partial charge is 0.237 e. The highest BCUT2D eigenvalue weighted by Crippen LogP contribution is 2.17. The molecule has 2 heterocycles. The van der Waals surface area contributed by atoms with Crippen LogP contribution in [0.2, 0.25) is 0 Å². The van der Waals surface area contributed by atoms with E-state index in [0.29, 0.717) is 6.54 Å². The van der Waals surface area contributed by atoms with E-state index >= 15 is 0 Å². The second-order valence-electron chi connectivity index (χ2n) is 6.56. The van der Waals surface area contributed by atoms with E-state index < -0.39 is 0 Å². The van der Waals surface area contributed by atoms with Gasteiger partial charge in [0.15, 0.2) is 0 Å². The lowest BCUT2D eigenvalue weighted by Gasteiger charge is -2.35. The van der Waals surface area contributed by atoms with Gasteiger partial charge in [-0.25, -0.2) is 0 Å². The predicted molar refractivity (Wildman–Crippen MR) is 101 cm³/mol. The molecule has 0 spiro atoms. The van der Waals surface area contributed by atoms with Gasteiger partial charge in [-0.1, -0.05) is 12.1 Å². The molecule has 0 aromatic heterocycles. The summed E-state index contributed by atoms with van der Waals surface area (Å²) in [6, 6.07) is 10.7. The van der Waals surface area contributed by atoms with E-state index in [1.807, 2.05) is 0 Å². The number of halogens is 1. The summed E-state index contributed by atoms with van der Waals surface area (Å²) in [6.45, 7) is 5.97. The number of nitrogens with zero attached hydrogens (tertiary/aromatic N) is 4. The number of carbonyl (C=O) groups excluding carboxylic acids is 1. The first-order valence-electron chi connectivity index (χ1n) is 8.54. The molecule has 0 N–H and O–H groups in total. The van der Waals surface area contributed by atoms with Gasteiger partial charge in [0.2, 0.25) is 5.91 Å². The number of hydrogen-bond acceptors (Lipinski definition) is 4. The molecule has 6 heteroatoms. The van der Waals surface area contributed by atoms with E-state index in [1.165, 1.54) is 9.13 Å². The van der Waals surface area contributed by atoms with Gasteiger partial charge in [-0.2, -0.15) is 5.26 Å². The van der Waals surface area contributed by atoms with Crippen LogP contribution < -0.4 is 0 Å². The Morgan fingerprint density at radius 1 is 1.21 bits per heavy atom. The molecule has 2 fully saturated rings. The van der Waals surface area contributed by atoms with Crippen molar-refractivity contribution in [3.8, 4) is 6.07 Å². The van der Waals surface area contributed by atoms with Crippen LogP contribution in [0, 0.1) is 14.9 Å². The van der Waals surface area contributed by atoms with Crippen LogP contribution in [0.3, 0.4) is 0 Å². The van der Waals surface area contributed by atoms with Crippen molar-refractivity contribution in [3.63, 3.8) is 0 Å². The molecule has 24 heavy (non-hydrogen) atoms. The Morgan fingerprint density at radius 3 is 2.67 bits per heavy atom. The zero-order valence-corrected chi connectivity index (χ0v) is 16.0. The molecule has 1 aromatic carbocycles. The van der Waals surface area contributed by atoms with E-state index in [4.69, 9.17) is 5.26 Å².